The molecule has 0 aliphatic carbocycles. The lowest BCUT2D eigenvalue weighted by atomic mass is 9.86. The molecule has 114 valence electrons. The van der Waals surface area contributed by atoms with E-state index in [9.17, 15) is 0 Å². The van der Waals surface area contributed by atoms with Crippen LogP contribution in [0, 0.1) is 11.8 Å². The molecule has 20 heavy (non-hydrogen) atoms. The molecule has 1 saturated heterocycles. The molecule has 1 atom stereocenters. The van der Waals surface area contributed by atoms with Crippen LogP contribution in [0.25, 0.3) is 0 Å². The van der Waals surface area contributed by atoms with E-state index in [1.54, 1.807) is 0 Å². The summed E-state index contributed by atoms with van der Waals surface area (Å²) in [5, 5.41) is 4.45. The topological polar surface area (TPSA) is 47.1 Å². The Balaban J connectivity index is 1.98. The predicted octanol–water partition coefficient (Wildman–Crippen LogP) is 2.66. The summed E-state index contributed by atoms with van der Waals surface area (Å²) in [5.41, 5.74) is 7.32. The third-order valence-electron chi connectivity index (χ3n) is 4.67. The Morgan fingerprint density at radius 1 is 1.35 bits per heavy atom. The second-order valence-electron chi connectivity index (χ2n) is 6.41. The molecule has 0 amide bonds. The number of hydrogen-bond donors (Lipinski definition) is 1. The fourth-order valence-electron chi connectivity index (χ4n) is 3.30. The summed E-state index contributed by atoms with van der Waals surface area (Å²) in [6, 6.07) is 0.341. The Kier molecular flexibility index (Phi) is 5.61. The van der Waals surface area contributed by atoms with Gasteiger partial charge in [-0.2, -0.15) is 5.10 Å². The average Bonchev–Trinajstić information content (AvgIpc) is 2.89. The van der Waals surface area contributed by atoms with Gasteiger partial charge in [0.1, 0.15) is 0 Å². The van der Waals surface area contributed by atoms with Crippen molar-refractivity contribution >= 4 is 0 Å². The Morgan fingerprint density at radius 3 is 2.60 bits per heavy atom. The molecule has 2 heterocycles. The number of aromatic nitrogens is 2. The molecule has 2 rings (SSSR count). The van der Waals surface area contributed by atoms with Crippen LogP contribution < -0.4 is 5.73 Å². The lowest BCUT2D eigenvalue weighted by molar-refractivity contribution is 0.117. The number of nitrogens with two attached hydrogens (primary N) is 1. The Hall–Kier alpha value is -0.870. The van der Waals surface area contributed by atoms with Gasteiger partial charge in [-0.05, 0) is 44.2 Å². The van der Waals surface area contributed by atoms with E-state index in [1.807, 2.05) is 10.9 Å². The van der Waals surface area contributed by atoms with Gasteiger partial charge in [-0.1, -0.05) is 20.8 Å². The van der Waals surface area contributed by atoms with Crippen LogP contribution in [0.2, 0.25) is 0 Å². The van der Waals surface area contributed by atoms with Crippen LogP contribution in [0.4, 0.5) is 0 Å². The zero-order chi connectivity index (χ0) is 14.5. The molecule has 0 aromatic carbocycles. The van der Waals surface area contributed by atoms with Crippen molar-refractivity contribution in [3.05, 3.63) is 18.0 Å². The summed E-state index contributed by atoms with van der Waals surface area (Å²) in [6.45, 7) is 10.9. The molecule has 4 heteroatoms. The monoisotopic (exact) mass is 278 g/mol. The summed E-state index contributed by atoms with van der Waals surface area (Å²) in [6.07, 6.45) is 7.90. The lowest BCUT2D eigenvalue weighted by Gasteiger charge is -2.38. The SMILES string of the molecule is CCCn1cc(C(CN)N2CCC(C(C)C)CC2)cn1. The van der Waals surface area contributed by atoms with E-state index in [0.29, 0.717) is 12.6 Å². The molecule has 1 unspecified atom stereocenters. The Labute approximate surface area is 123 Å². The summed E-state index contributed by atoms with van der Waals surface area (Å²) in [5.74, 6) is 1.69. The van der Waals surface area contributed by atoms with Crippen LogP contribution in [-0.4, -0.2) is 34.3 Å². The lowest BCUT2D eigenvalue weighted by Crippen LogP contribution is -2.40. The van der Waals surface area contributed by atoms with Crippen LogP contribution in [0.1, 0.15) is 51.6 Å². The molecule has 0 radical (unpaired) electrons. The van der Waals surface area contributed by atoms with Crippen molar-refractivity contribution in [3.8, 4) is 0 Å². The highest BCUT2D eigenvalue weighted by atomic mass is 15.3. The molecule has 1 aliphatic heterocycles. The van der Waals surface area contributed by atoms with Crippen LogP contribution >= 0.6 is 0 Å². The molecule has 0 saturated carbocycles. The zero-order valence-electron chi connectivity index (χ0n) is 13.3. The fraction of sp³-hybridized carbons (Fsp3) is 0.812. The van der Waals surface area contributed by atoms with Crippen molar-refractivity contribution in [3.63, 3.8) is 0 Å². The van der Waals surface area contributed by atoms with Crippen LogP contribution in [0.3, 0.4) is 0 Å². The summed E-state index contributed by atoms with van der Waals surface area (Å²) < 4.78 is 2.04. The van der Waals surface area contributed by atoms with Gasteiger partial charge in [0.25, 0.3) is 0 Å². The first kappa shape index (κ1) is 15.5. The standard InChI is InChI=1S/C16H30N4/c1-4-7-20-12-15(11-18-20)16(10-17)19-8-5-14(6-9-19)13(2)3/h11-14,16H,4-10,17H2,1-3H3. The maximum absolute atomic E-state index is 6.03. The zero-order valence-corrected chi connectivity index (χ0v) is 13.3. The van der Waals surface area contributed by atoms with Gasteiger partial charge in [0.05, 0.1) is 12.2 Å². The third kappa shape index (κ3) is 3.61. The van der Waals surface area contributed by atoms with Gasteiger partial charge in [0.2, 0.25) is 0 Å². The van der Waals surface area contributed by atoms with Gasteiger partial charge in [0, 0.05) is 24.8 Å². The quantitative estimate of drug-likeness (QED) is 0.870. The van der Waals surface area contributed by atoms with E-state index < -0.39 is 0 Å². The number of nitrogens with zero attached hydrogens (tertiary/aromatic N) is 3. The minimum Gasteiger partial charge on any atom is -0.329 e. The maximum atomic E-state index is 6.03. The Morgan fingerprint density at radius 2 is 2.05 bits per heavy atom. The van der Waals surface area contributed by atoms with Crippen LogP contribution in [-0.2, 0) is 6.54 Å². The highest BCUT2D eigenvalue weighted by molar-refractivity contribution is 5.11. The third-order valence-corrected chi connectivity index (χ3v) is 4.67. The first-order chi connectivity index (χ1) is 9.65. The highest BCUT2D eigenvalue weighted by Crippen LogP contribution is 2.29. The number of hydrogen-bond acceptors (Lipinski definition) is 3. The average molecular weight is 278 g/mol. The Bertz CT molecular complexity index is 391. The molecular weight excluding hydrogens is 248 g/mol. The van der Waals surface area contributed by atoms with Gasteiger partial charge >= 0.3 is 0 Å². The molecule has 1 aliphatic rings. The van der Waals surface area contributed by atoms with Crippen molar-refractivity contribution in [1.82, 2.24) is 14.7 Å². The second kappa shape index (κ2) is 7.23. The summed E-state index contributed by atoms with van der Waals surface area (Å²) in [7, 11) is 0. The van der Waals surface area contributed by atoms with Gasteiger partial charge in [0.15, 0.2) is 0 Å². The summed E-state index contributed by atoms with van der Waals surface area (Å²) >= 11 is 0. The molecule has 4 nitrogen and oxygen atoms in total. The molecule has 1 aromatic heterocycles. The molecule has 0 bridgehead atoms. The van der Waals surface area contributed by atoms with Crippen LogP contribution in [0.5, 0.6) is 0 Å². The summed E-state index contributed by atoms with van der Waals surface area (Å²) in [4.78, 5) is 2.55. The number of aryl methyl sites for hydroxylation is 1. The van der Waals surface area contributed by atoms with E-state index in [1.165, 1.54) is 31.5 Å². The largest absolute Gasteiger partial charge is 0.329 e. The number of rotatable bonds is 6. The first-order valence-corrected chi connectivity index (χ1v) is 8.12. The van der Waals surface area contributed by atoms with E-state index in [4.69, 9.17) is 5.73 Å². The van der Waals surface area contributed by atoms with Crippen molar-refractivity contribution in [2.75, 3.05) is 19.6 Å². The molecular formula is C16H30N4. The van der Waals surface area contributed by atoms with Crippen molar-refractivity contribution in [1.29, 1.82) is 0 Å². The predicted molar refractivity (Wildman–Crippen MR) is 83.4 cm³/mol. The number of piperidine rings is 1. The van der Waals surface area contributed by atoms with Crippen LogP contribution in [0.15, 0.2) is 12.4 Å². The van der Waals surface area contributed by atoms with Gasteiger partial charge < -0.3 is 5.73 Å². The van der Waals surface area contributed by atoms with Crippen molar-refractivity contribution < 1.29 is 0 Å². The van der Waals surface area contributed by atoms with E-state index in [0.717, 1.165) is 24.8 Å². The van der Waals surface area contributed by atoms with E-state index in [2.05, 4.69) is 37.0 Å². The molecule has 2 N–H and O–H groups in total. The van der Waals surface area contributed by atoms with Gasteiger partial charge in [-0.15, -0.1) is 0 Å². The smallest absolute Gasteiger partial charge is 0.0538 e. The van der Waals surface area contributed by atoms with Crippen molar-refractivity contribution in [2.24, 2.45) is 17.6 Å². The second-order valence-corrected chi connectivity index (χ2v) is 6.41. The minimum absolute atomic E-state index is 0.341. The molecule has 1 fully saturated rings. The van der Waals surface area contributed by atoms with Gasteiger partial charge in [-0.3, -0.25) is 9.58 Å². The first-order valence-electron chi connectivity index (χ1n) is 8.12. The maximum Gasteiger partial charge on any atom is 0.0538 e. The molecule has 0 spiro atoms. The normalized spacial score (nSPS) is 19.6. The number of likely N-dealkylation sites (tertiary alicyclic amines) is 1. The highest BCUT2D eigenvalue weighted by Gasteiger charge is 2.27. The van der Waals surface area contributed by atoms with Gasteiger partial charge in [-0.25, -0.2) is 0 Å². The van der Waals surface area contributed by atoms with E-state index in [-0.39, 0.29) is 0 Å². The van der Waals surface area contributed by atoms with Crippen molar-refractivity contribution in [2.45, 2.75) is 52.6 Å². The van der Waals surface area contributed by atoms with E-state index >= 15 is 0 Å². The minimum atomic E-state index is 0.341. The molecule has 1 aromatic rings. The fourth-order valence-corrected chi connectivity index (χ4v) is 3.30.